The predicted octanol–water partition coefficient (Wildman–Crippen LogP) is 8.88. The number of carbonyl (C=O) groups is 2. The zero-order chi connectivity index (χ0) is 34.4. The number of rotatable bonds is 6. The molecule has 0 amide bonds. The number of halogens is 1. The van der Waals surface area contributed by atoms with Crippen molar-refractivity contribution in [3.63, 3.8) is 0 Å². The molecule has 10 heteroatoms. The molecule has 1 spiro atoms. The van der Waals surface area contributed by atoms with E-state index in [0.29, 0.717) is 39.6 Å². The minimum atomic E-state index is -0.666. The molecule has 2 aromatic heterocycles. The Bertz CT molecular complexity index is 1810. The number of benzene rings is 2. The molecule has 2 saturated heterocycles. The Labute approximate surface area is 287 Å². The van der Waals surface area contributed by atoms with Gasteiger partial charge in [-0.1, -0.05) is 23.7 Å². The third-order valence-electron chi connectivity index (χ3n) is 9.07. The first kappa shape index (κ1) is 33.8. The number of esters is 1. The maximum Gasteiger partial charge on any atom is 0.420 e. The first-order valence-corrected chi connectivity index (χ1v) is 17.0. The number of fused-ring (bicyclic) bond motifs is 1. The first-order valence-electron chi connectivity index (χ1n) is 16.6. The molecule has 2 aliphatic rings. The summed E-state index contributed by atoms with van der Waals surface area (Å²) in [4.78, 5) is 35.4. The molecule has 2 aliphatic heterocycles. The second-order valence-corrected chi connectivity index (χ2v) is 15.6. The quantitative estimate of drug-likeness (QED) is 0.188. The molecule has 9 nitrogen and oxygen atoms in total. The molecule has 4 heterocycles. The van der Waals surface area contributed by atoms with Crippen molar-refractivity contribution in [2.75, 3.05) is 31.1 Å². The molecule has 4 aromatic rings. The van der Waals surface area contributed by atoms with Crippen LogP contribution < -0.4 is 9.64 Å². The van der Waals surface area contributed by atoms with E-state index in [1.165, 1.54) is 10.1 Å². The molecular formula is C38H45ClN4O5. The van der Waals surface area contributed by atoms with Crippen molar-refractivity contribution in [2.24, 2.45) is 5.41 Å². The lowest BCUT2D eigenvalue weighted by atomic mass is 9.71. The molecule has 0 bridgehead atoms. The van der Waals surface area contributed by atoms with Gasteiger partial charge in [0.15, 0.2) is 0 Å². The Balaban J connectivity index is 1.18. The van der Waals surface area contributed by atoms with Crippen molar-refractivity contribution in [3.8, 4) is 11.5 Å². The number of pyridine rings is 1. The number of nitrogens with zero attached hydrogens (tertiary/aromatic N) is 4. The Hall–Kier alpha value is -4.08. The van der Waals surface area contributed by atoms with E-state index >= 15 is 0 Å². The summed E-state index contributed by atoms with van der Waals surface area (Å²) in [6, 6.07) is 17.8. The zero-order valence-corrected chi connectivity index (χ0v) is 29.6. The second-order valence-electron chi connectivity index (χ2n) is 15.2. The van der Waals surface area contributed by atoms with Gasteiger partial charge in [0.25, 0.3) is 0 Å². The van der Waals surface area contributed by atoms with Crippen LogP contribution in [0.2, 0.25) is 5.02 Å². The molecule has 0 N–H and O–H groups in total. The average Bonchev–Trinajstić information content (AvgIpc) is 3.42. The molecule has 2 fully saturated rings. The second kappa shape index (κ2) is 12.7. The molecule has 48 heavy (non-hydrogen) atoms. The first-order chi connectivity index (χ1) is 22.6. The van der Waals surface area contributed by atoms with Gasteiger partial charge in [0, 0.05) is 60.6 Å². The lowest BCUT2D eigenvalue weighted by Crippen LogP contribution is -2.60. The highest BCUT2D eigenvalue weighted by atomic mass is 35.5. The third-order valence-corrected chi connectivity index (χ3v) is 9.32. The summed E-state index contributed by atoms with van der Waals surface area (Å²) in [5.74, 6) is 0.367. The van der Waals surface area contributed by atoms with E-state index in [9.17, 15) is 9.59 Å². The van der Waals surface area contributed by atoms with Crippen LogP contribution in [-0.2, 0) is 9.47 Å². The van der Waals surface area contributed by atoms with Crippen molar-refractivity contribution < 1.29 is 23.8 Å². The lowest BCUT2D eigenvalue weighted by molar-refractivity contribution is -0.0435. The SMILES string of the molecule is CC(c1ccc(Cl)cc1)N1CC2(CCN(c3ccc(C(=O)OC(C)(C)C)c(Oc4cnc5c(ccn5C(=O)OC(C)(C)C)c4)c3)CC2)C1. The summed E-state index contributed by atoms with van der Waals surface area (Å²) in [6.45, 7) is 17.3. The molecular weight excluding hydrogens is 628 g/mol. The molecule has 1 atom stereocenters. The summed E-state index contributed by atoms with van der Waals surface area (Å²) in [5.41, 5.74) is 2.09. The lowest BCUT2D eigenvalue weighted by Gasteiger charge is -2.56. The zero-order valence-electron chi connectivity index (χ0n) is 28.9. The van der Waals surface area contributed by atoms with Gasteiger partial charge in [-0.05, 0) is 109 Å². The van der Waals surface area contributed by atoms with E-state index in [2.05, 4.69) is 33.8 Å². The van der Waals surface area contributed by atoms with Gasteiger partial charge < -0.3 is 19.1 Å². The van der Waals surface area contributed by atoms with Crippen LogP contribution in [0.4, 0.5) is 10.5 Å². The van der Waals surface area contributed by atoms with Gasteiger partial charge in [0.1, 0.15) is 33.9 Å². The molecule has 6 rings (SSSR count). The average molecular weight is 673 g/mol. The van der Waals surface area contributed by atoms with Gasteiger partial charge in [-0.15, -0.1) is 0 Å². The summed E-state index contributed by atoms with van der Waals surface area (Å²) in [7, 11) is 0. The van der Waals surface area contributed by atoms with Crippen molar-refractivity contribution >= 4 is 40.4 Å². The van der Waals surface area contributed by atoms with Crippen molar-refractivity contribution in [1.29, 1.82) is 0 Å². The normalized spacial score (nSPS) is 17.2. The Morgan fingerprint density at radius 1 is 0.896 bits per heavy atom. The van der Waals surface area contributed by atoms with Crippen molar-refractivity contribution in [1.82, 2.24) is 14.5 Å². The van der Waals surface area contributed by atoms with Crippen LogP contribution in [0.15, 0.2) is 67.0 Å². The summed E-state index contributed by atoms with van der Waals surface area (Å²) < 4.78 is 19.0. The number of anilines is 1. The van der Waals surface area contributed by atoms with Gasteiger partial charge in [-0.3, -0.25) is 4.90 Å². The van der Waals surface area contributed by atoms with Crippen LogP contribution in [0.1, 0.15) is 83.3 Å². The van der Waals surface area contributed by atoms with Crippen LogP contribution in [0.5, 0.6) is 11.5 Å². The fraction of sp³-hybridized carbons (Fsp3) is 0.447. The number of aromatic nitrogens is 2. The fourth-order valence-electron chi connectivity index (χ4n) is 6.54. The molecule has 0 aliphatic carbocycles. The van der Waals surface area contributed by atoms with Gasteiger partial charge in [0.05, 0.1) is 6.20 Å². The maximum atomic E-state index is 13.3. The fourth-order valence-corrected chi connectivity index (χ4v) is 6.66. The number of ether oxygens (including phenoxy) is 3. The monoisotopic (exact) mass is 672 g/mol. The minimum absolute atomic E-state index is 0.323. The van der Waals surface area contributed by atoms with E-state index < -0.39 is 23.3 Å². The van der Waals surface area contributed by atoms with Crippen LogP contribution >= 0.6 is 11.6 Å². The van der Waals surface area contributed by atoms with Crippen LogP contribution in [0, 0.1) is 5.41 Å². The highest BCUT2D eigenvalue weighted by Gasteiger charge is 2.46. The number of likely N-dealkylation sites (tertiary alicyclic amines) is 1. The van der Waals surface area contributed by atoms with Gasteiger partial charge >= 0.3 is 12.1 Å². The molecule has 0 saturated carbocycles. The van der Waals surface area contributed by atoms with Gasteiger partial charge in [0.2, 0.25) is 0 Å². The van der Waals surface area contributed by atoms with Crippen LogP contribution in [0.25, 0.3) is 11.0 Å². The highest BCUT2D eigenvalue weighted by Crippen LogP contribution is 2.45. The summed E-state index contributed by atoms with van der Waals surface area (Å²) in [6.07, 6.45) is 4.86. The summed E-state index contributed by atoms with van der Waals surface area (Å²) >= 11 is 6.10. The van der Waals surface area contributed by atoms with E-state index in [-0.39, 0.29) is 0 Å². The predicted molar refractivity (Wildman–Crippen MR) is 188 cm³/mol. The summed E-state index contributed by atoms with van der Waals surface area (Å²) in [5, 5.41) is 1.47. The molecule has 1 unspecified atom stereocenters. The topological polar surface area (TPSA) is 86.1 Å². The van der Waals surface area contributed by atoms with Crippen molar-refractivity contribution in [3.05, 3.63) is 83.1 Å². The highest BCUT2D eigenvalue weighted by molar-refractivity contribution is 6.30. The minimum Gasteiger partial charge on any atom is -0.456 e. The van der Waals surface area contributed by atoms with Crippen LogP contribution in [-0.4, -0.2) is 63.9 Å². The standard InChI is InChI=1S/C38H45ClN4O5/c1-25(26-8-10-28(39)11-9-26)42-23-38(24-42)15-18-41(19-16-38)29-12-13-31(34(44)47-36(2,3)4)32(21-29)46-30-20-27-14-17-43(33(27)40-22-30)35(45)48-37(5,6)7/h8-14,17,20-22,25H,15-16,18-19,23-24H2,1-7H3. The number of hydrogen-bond acceptors (Lipinski definition) is 8. The largest absolute Gasteiger partial charge is 0.456 e. The number of carbonyl (C=O) groups excluding carboxylic acids is 2. The van der Waals surface area contributed by atoms with E-state index in [1.54, 1.807) is 30.6 Å². The molecule has 254 valence electrons. The Morgan fingerprint density at radius 3 is 2.21 bits per heavy atom. The van der Waals surface area contributed by atoms with E-state index in [1.807, 2.05) is 65.8 Å². The molecule has 0 radical (unpaired) electrons. The maximum absolute atomic E-state index is 13.3. The Kier molecular flexibility index (Phi) is 8.98. The van der Waals surface area contributed by atoms with E-state index in [4.69, 9.17) is 25.8 Å². The molecule has 2 aromatic carbocycles. The smallest absolute Gasteiger partial charge is 0.420 e. The number of hydrogen-bond donors (Lipinski definition) is 0. The van der Waals surface area contributed by atoms with Gasteiger partial charge in [-0.25, -0.2) is 19.1 Å². The third kappa shape index (κ3) is 7.47. The van der Waals surface area contributed by atoms with E-state index in [0.717, 1.165) is 49.7 Å². The van der Waals surface area contributed by atoms with Gasteiger partial charge in [-0.2, -0.15) is 0 Å². The van der Waals surface area contributed by atoms with Crippen LogP contribution in [0.3, 0.4) is 0 Å². The Morgan fingerprint density at radius 2 is 1.56 bits per heavy atom. The van der Waals surface area contributed by atoms with Crippen molar-refractivity contribution in [2.45, 2.75) is 78.6 Å². The number of piperidine rings is 1.